The monoisotopic (exact) mass is 454 g/mol. The number of benzene rings is 2. The number of aromatic amines is 1. The Hall–Kier alpha value is -3.08. The molecule has 0 spiro atoms. The van der Waals surface area contributed by atoms with E-state index in [2.05, 4.69) is 35.7 Å². The number of ether oxygens (including phenoxy) is 2. The van der Waals surface area contributed by atoms with E-state index in [1.165, 1.54) is 19.2 Å². The molecule has 4 aromatic rings. The molecule has 0 saturated heterocycles. The average Bonchev–Trinajstić information content (AvgIpc) is 3.07. The summed E-state index contributed by atoms with van der Waals surface area (Å²) in [5.41, 5.74) is 0.0774. The molecule has 0 aliphatic heterocycles. The summed E-state index contributed by atoms with van der Waals surface area (Å²) < 4.78 is 49.2. The third-order valence-corrected chi connectivity index (χ3v) is 4.60. The van der Waals surface area contributed by atoms with Crippen LogP contribution in [0.3, 0.4) is 0 Å². The number of fused-ring (bicyclic) bond motifs is 3. The molecule has 11 heteroatoms. The molecule has 7 nitrogen and oxygen atoms in total. The second kappa shape index (κ2) is 6.51. The summed E-state index contributed by atoms with van der Waals surface area (Å²) in [7, 11) is 1.32. The van der Waals surface area contributed by atoms with Crippen molar-refractivity contribution in [3.05, 3.63) is 51.4 Å². The average molecular weight is 455 g/mol. The van der Waals surface area contributed by atoms with Gasteiger partial charge in [0, 0.05) is 15.9 Å². The van der Waals surface area contributed by atoms with Crippen LogP contribution in [0.15, 0.2) is 45.7 Å². The van der Waals surface area contributed by atoms with Crippen LogP contribution in [0.5, 0.6) is 11.5 Å². The van der Waals surface area contributed by atoms with Crippen molar-refractivity contribution < 1.29 is 22.6 Å². The molecule has 0 bridgehead atoms. The van der Waals surface area contributed by atoms with E-state index in [1.54, 1.807) is 18.2 Å². The summed E-state index contributed by atoms with van der Waals surface area (Å²) in [6, 6.07) is 9.05. The Morgan fingerprint density at radius 3 is 2.71 bits per heavy atom. The van der Waals surface area contributed by atoms with Crippen LogP contribution in [-0.4, -0.2) is 33.1 Å². The van der Waals surface area contributed by atoms with Gasteiger partial charge in [-0.1, -0.05) is 6.07 Å². The molecule has 144 valence electrons. The summed E-state index contributed by atoms with van der Waals surface area (Å²) in [6.45, 7) is 0. The van der Waals surface area contributed by atoms with Crippen molar-refractivity contribution in [1.29, 1.82) is 0 Å². The summed E-state index contributed by atoms with van der Waals surface area (Å²) in [5, 5.41) is 4.64. The van der Waals surface area contributed by atoms with E-state index in [-0.39, 0.29) is 22.8 Å². The molecular formula is C17H10BrF3N4O3. The molecule has 2 aromatic heterocycles. The number of para-hydroxylation sites is 1. The van der Waals surface area contributed by atoms with Gasteiger partial charge in [0.25, 0.3) is 0 Å². The minimum atomic E-state index is -4.92. The molecule has 0 radical (unpaired) electrons. The third kappa shape index (κ3) is 3.17. The van der Waals surface area contributed by atoms with Gasteiger partial charge in [-0.25, -0.2) is 9.78 Å². The van der Waals surface area contributed by atoms with Gasteiger partial charge in [-0.3, -0.25) is 0 Å². The highest BCUT2D eigenvalue weighted by atomic mass is 79.9. The van der Waals surface area contributed by atoms with Crippen molar-refractivity contribution in [1.82, 2.24) is 19.6 Å². The van der Waals surface area contributed by atoms with Crippen LogP contribution >= 0.6 is 15.9 Å². The zero-order chi connectivity index (χ0) is 20.1. The summed E-state index contributed by atoms with van der Waals surface area (Å²) in [5.74, 6) is -0.469. The molecule has 0 aliphatic carbocycles. The van der Waals surface area contributed by atoms with Gasteiger partial charge >= 0.3 is 12.1 Å². The molecule has 2 aromatic carbocycles. The number of hydrogen-bond acceptors (Lipinski definition) is 5. The first kappa shape index (κ1) is 18.3. The lowest BCUT2D eigenvalue weighted by molar-refractivity contribution is -0.274. The number of H-pyrrole nitrogens is 1. The Balaban J connectivity index is 1.98. The molecule has 0 saturated carbocycles. The van der Waals surface area contributed by atoms with Gasteiger partial charge in [0.2, 0.25) is 0 Å². The first-order chi connectivity index (χ1) is 13.3. The number of rotatable bonds is 3. The van der Waals surface area contributed by atoms with Crippen molar-refractivity contribution in [2.24, 2.45) is 0 Å². The standard InChI is InChI=1S/C17H10BrF3N4O3/c1-27-8-5-6-9(12(7-8)28-17(19,20)21)14-23-15-10-3-2-4-11(18)13(10)22-16(26)25(15)24-14/h2-7H,1H3,(H,22,26). The van der Waals surface area contributed by atoms with Crippen molar-refractivity contribution >= 4 is 32.5 Å². The molecule has 2 heterocycles. The van der Waals surface area contributed by atoms with Gasteiger partial charge in [-0.15, -0.1) is 18.3 Å². The first-order valence-corrected chi connectivity index (χ1v) is 8.57. The Kier molecular flexibility index (Phi) is 4.26. The lowest BCUT2D eigenvalue weighted by Gasteiger charge is -2.12. The molecular weight excluding hydrogens is 445 g/mol. The summed E-state index contributed by atoms with van der Waals surface area (Å²) >= 11 is 3.34. The van der Waals surface area contributed by atoms with Gasteiger partial charge in [0.15, 0.2) is 11.5 Å². The quantitative estimate of drug-likeness (QED) is 0.507. The van der Waals surface area contributed by atoms with E-state index in [4.69, 9.17) is 4.74 Å². The molecule has 0 atom stereocenters. The van der Waals surface area contributed by atoms with Gasteiger partial charge in [-0.05, 0) is 40.2 Å². The summed E-state index contributed by atoms with van der Waals surface area (Å²) in [4.78, 5) is 19.3. The van der Waals surface area contributed by atoms with Crippen LogP contribution in [0, 0.1) is 0 Å². The van der Waals surface area contributed by atoms with Gasteiger partial charge in [0.1, 0.15) is 11.5 Å². The number of aromatic nitrogens is 4. The van der Waals surface area contributed by atoms with Crippen molar-refractivity contribution in [3.63, 3.8) is 0 Å². The highest BCUT2D eigenvalue weighted by Crippen LogP contribution is 2.36. The van der Waals surface area contributed by atoms with E-state index in [0.29, 0.717) is 15.4 Å². The largest absolute Gasteiger partial charge is 0.573 e. The Bertz CT molecular complexity index is 1270. The highest BCUT2D eigenvalue weighted by molar-refractivity contribution is 9.10. The number of hydrogen-bond donors (Lipinski definition) is 1. The number of nitrogens with one attached hydrogen (secondary N) is 1. The maximum atomic E-state index is 12.8. The van der Waals surface area contributed by atoms with Crippen LogP contribution in [-0.2, 0) is 0 Å². The normalized spacial score (nSPS) is 11.9. The predicted octanol–water partition coefficient (Wildman–Crippen LogP) is 3.91. The van der Waals surface area contributed by atoms with Crippen LogP contribution in [0.4, 0.5) is 13.2 Å². The molecule has 0 unspecified atom stereocenters. The van der Waals surface area contributed by atoms with Gasteiger partial charge < -0.3 is 14.5 Å². The van der Waals surface area contributed by atoms with Crippen molar-refractivity contribution in [3.8, 4) is 22.9 Å². The van der Waals surface area contributed by atoms with Gasteiger partial charge in [-0.2, -0.15) is 4.52 Å². The zero-order valence-corrected chi connectivity index (χ0v) is 15.6. The zero-order valence-electron chi connectivity index (χ0n) is 14.0. The number of halogens is 4. The van der Waals surface area contributed by atoms with E-state index in [1.807, 2.05) is 0 Å². The van der Waals surface area contributed by atoms with E-state index in [0.717, 1.165) is 10.6 Å². The highest BCUT2D eigenvalue weighted by Gasteiger charge is 2.33. The Morgan fingerprint density at radius 1 is 1.21 bits per heavy atom. The number of alkyl halides is 3. The van der Waals surface area contributed by atoms with Crippen LogP contribution in [0.1, 0.15) is 0 Å². The first-order valence-electron chi connectivity index (χ1n) is 7.78. The third-order valence-electron chi connectivity index (χ3n) is 3.94. The van der Waals surface area contributed by atoms with Crippen LogP contribution < -0.4 is 15.2 Å². The smallest absolute Gasteiger partial charge is 0.497 e. The lowest BCUT2D eigenvalue weighted by atomic mass is 10.2. The molecule has 28 heavy (non-hydrogen) atoms. The van der Waals surface area contributed by atoms with E-state index < -0.39 is 17.8 Å². The van der Waals surface area contributed by atoms with E-state index >= 15 is 0 Å². The Morgan fingerprint density at radius 2 is 2.00 bits per heavy atom. The maximum absolute atomic E-state index is 12.8. The van der Waals surface area contributed by atoms with Crippen LogP contribution in [0.2, 0.25) is 0 Å². The minimum Gasteiger partial charge on any atom is -0.497 e. The fourth-order valence-corrected chi connectivity index (χ4v) is 3.23. The fraction of sp³-hybridized carbons (Fsp3) is 0.118. The molecule has 0 amide bonds. The summed E-state index contributed by atoms with van der Waals surface area (Å²) in [6.07, 6.45) is -4.92. The van der Waals surface area contributed by atoms with Crippen LogP contribution in [0.25, 0.3) is 27.9 Å². The minimum absolute atomic E-state index is 0.0376. The molecule has 0 fully saturated rings. The lowest BCUT2D eigenvalue weighted by Crippen LogP contribution is -2.18. The van der Waals surface area contributed by atoms with Crippen molar-refractivity contribution in [2.45, 2.75) is 6.36 Å². The Labute approximate surface area is 162 Å². The van der Waals surface area contributed by atoms with Crippen molar-refractivity contribution in [2.75, 3.05) is 7.11 Å². The molecule has 4 rings (SSSR count). The molecule has 1 N–H and O–H groups in total. The molecule has 0 aliphatic rings. The predicted molar refractivity (Wildman–Crippen MR) is 97.5 cm³/mol. The van der Waals surface area contributed by atoms with Gasteiger partial charge in [0.05, 0.1) is 18.2 Å². The maximum Gasteiger partial charge on any atom is 0.573 e. The van der Waals surface area contributed by atoms with E-state index in [9.17, 15) is 18.0 Å². The topological polar surface area (TPSA) is 81.5 Å². The number of nitrogens with zero attached hydrogens (tertiary/aromatic N) is 3. The SMILES string of the molecule is COc1ccc(-c2nc3c4cccc(Br)c4[nH]c(=O)n3n2)c(OC(F)(F)F)c1. The fourth-order valence-electron chi connectivity index (χ4n) is 2.76. The second-order valence-corrected chi connectivity index (χ2v) is 6.53. The second-order valence-electron chi connectivity index (χ2n) is 5.67. The number of methoxy groups -OCH3 is 1.